The average molecular weight is 341 g/mol. The molecule has 1 aromatic heterocycles. The molecule has 0 spiro atoms. The number of phenols is 1. The number of nitriles is 1. The summed E-state index contributed by atoms with van der Waals surface area (Å²) in [6, 6.07) is 7.37. The highest BCUT2D eigenvalue weighted by atomic mass is 16.6. The van der Waals surface area contributed by atoms with E-state index in [1.807, 2.05) is 6.07 Å². The molecule has 0 saturated heterocycles. The van der Waals surface area contributed by atoms with E-state index in [0.717, 1.165) is 0 Å². The summed E-state index contributed by atoms with van der Waals surface area (Å²) >= 11 is 0. The van der Waals surface area contributed by atoms with Crippen molar-refractivity contribution in [3.8, 4) is 11.8 Å². The number of nitrogens with zero attached hydrogens (tertiary/aromatic N) is 4. The van der Waals surface area contributed by atoms with Crippen LogP contribution in [0.25, 0.3) is 0 Å². The van der Waals surface area contributed by atoms with Gasteiger partial charge in [-0.1, -0.05) is 0 Å². The molecule has 2 rings (SSSR count). The van der Waals surface area contributed by atoms with Crippen molar-refractivity contribution in [1.29, 1.82) is 5.26 Å². The van der Waals surface area contributed by atoms with Crippen LogP contribution >= 0.6 is 0 Å². The smallest absolute Gasteiger partial charge is 0.270 e. The maximum Gasteiger partial charge on any atom is 0.270 e. The van der Waals surface area contributed by atoms with Crippen molar-refractivity contribution >= 4 is 17.7 Å². The van der Waals surface area contributed by atoms with Crippen LogP contribution in [0.1, 0.15) is 22.4 Å². The molecule has 0 aliphatic carbocycles. The third-order valence-corrected chi connectivity index (χ3v) is 3.24. The Hall–Kier alpha value is -3.51. The Morgan fingerprint density at radius 3 is 2.92 bits per heavy atom. The van der Waals surface area contributed by atoms with Gasteiger partial charge in [0.2, 0.25) is 0 Å². The molecule has 1 aromatic carbocycles. The van der Waals surface area contributed by atoms with Crippen LogP contribution in [0, 0.1) is 28.4 Å². The first-order valence-corrected chi connectivity index (χ1v) is 7.12. The highest BCUT2D eigenvalue weighted by Gasteiger charge is 2.11. The predicted molar refractivity (Wildman–Crippen MR) is 90.4 cm³/mol. The molecular weight excluding hydrogens is 326 g/mol. The van der Waals surface area contributed by atoms with Crippen molar-refractivity contribution in [2.75, 3.05) is 12.5 Å². The monoisotopic (exact) mass is 341 g/mol. The number of ether oxygens (including phenoxy) is 1. The molecule has 0 fully saturated rings. The fourth-order valence-electron chi connectivity index (χ4n) is 2.14. The summed E-state index contributed by atoms with van der Waals surface area (Å²) < 4.78 is 5.06. The van der Waals surface area contributed by atoms with Gasteiger partial charge in [0.15, 0.2) is 5.82 Å². The van der Waals surface area contributed by atoms with Crippen LogP contribution in [0.15, 0.2) is 29.4 Å². The van der Waals surface area contributed by atoms with E-state index < -0.39 is 4.92 Å². The lowest BCUT2D eigenvalue weighted by molar-refractivity contribution is -0.384. The zero-order valence-electron chi connectivity index (χ0n) is 13.6. The molecule has 0 bridgehead atoms. The highest BCUT2D eigenvalue weighted by molar-refractivity contribution is 5.85. The van der Waals surface area contributed by atoms with Gasteiger partial charge in [-0.15, -0.1) is 0 Å². The van der Waals surface area contributed by atoms with E-state index in [0.29, 0.717) is 11.3 Å². The number of benzene rings is 1. The Labute approximate surface area is 143 Å². The third kappa shape index (κ3) is 4.27. The van der Waals surface area contributed by atoms with Crippen molar-refractivity contribution < 1.29 is 14.8 Å². The topological polar surface area (TPSA) is 134 Å². The largest absolute Gasteiger partial charge is 0.507 e. The molecule has 0 saturated carbocycles. The van der Waals surface area contributed by atoms with Crippen LogP contribution in [0.3, 0.4) is 0 Å². The van der Waals surface area contributed by atoms with Gasteiger partial charge >= 0.3 is 0 Å². The summed E-state index contributed by atoms with van der Waals surface area (Å²) in [6.45, 7) is 2.01. The number of aromatic nitrogens is 1. The van der Waals surface area contributed by atoms with Crippen LogP contribution < -0.4 is 5.43 Å². The van der Waals surface area contributed by atoms with Crippen LogP contribution in [0.4, 0.5) is 11.5 Å². The van der Waals surface area contributed by atoms with Crippen molar-refractivity contribution in [2.45, 2.75) is 13.5 Å². The average Bonchev–Trinajstić information content (AvgIpc) is 2.56. The number of anilines is 1. The molecule has 25 heavy (non-hydrogen) atoms. The van der Waals surface area contributed by atoms with Crippen LogP contribution in [-0.2, 0) is 11.3 Å². The number of aromatic hydroxyl groups is 1. The molecule has 0 amide bonds. The summed E-state index contributed by atoms with van der Waals surface area (Å²) in [4.78, 5) is 14.4. The number of nitro groups is 1. The quantitative estimate of drug-likeness (QED) is 0.468. The number of phenolic OH excluding ortho intramolecular Hbond substituents is 1. The minimum atomic E-state index is -0.572. The van der Waals surface area contributed by atoms with Gasteiger partial charge in [0, 0.05) is 36.1 Å². The molecule has 0 aliphatic heterocycles. The van der Waals surface area contributed by atoms with E-state index in [2.05, 4.69) is 15.5 Å². The number of pyridine rings is 1. The normalized spacial score (nSPS) is 10.6. The first-order chi connectivity index (χ1) is 12.0. The molecule has 2 N–H and O–H groups in total. The number of non-ortho nitro benzene ring substituents is 1. The van der Waals surface area contributed by atoms with Crippen LogP contribution in [-0.4, -0.2) is 28.3 Å². The van der Waals surface area contributed by atoms with Crippen molar-refractivity contribution in [2.24, 2.45) is 5.10 Å². The number of rotatable bonds is 6. The number of hydrogen-bond acceptors (Lipinski definition) is 8. The SMILES string of the molecule is COCc1cc(C)nc(N/N=C\c2cc([N+](=O)[O-])ccc2O)c1C#N. The minimum Gasteiger partial charge on any atom is -0.507 e. The van der Waals surface area contributed by atoms with Gasteiger partial charge in [-0.25, -0.2) is 4.98 Å². The van der Waals surface area contributed by atoms with Gasteiger partial charge in [-0.2, -0.15) is 10.4 Å². The van der Waals surface area contributed by atoms with E-state index in [1.165, 1.54) is 31.5 Å². The lowest BCUT2D eigenvalue weighted by Crippen LogP contribution is -2.03. The van der Waals surface area contributed by atoms with Gasteiger partial charge < -0.3 is 9.84 Å². The molecular formula is C16H15N5O4. The van der Waals surface area contributed by atoms with Gasteiger partial charge in [0.05, 0.1) is 17.7 Å². The van der Waals surface area contributed by atoms with Gasteiger partial charge in [-0.05, 0) is 19.1 Å². The number of aryl methyl sites for hydroxylation is 1. The standard InChI is InChI=1S/C16H15N5O4/c1-10-5-12(9-25-2)14(7-17)16(19-10)20-18-8-11-6-13(21(23)24)3-4-15(11)22/h3-6,8,22H,9H2,1-2H3,(H,19,20)/b18-8-. The second kappa shape index (κ2) is 7.85. The van der Waals surface area contributed by atoms with E-state index >= 15 is 0 Å². The Kier molecular flexibility index (Phi) is 5.60. The van der Waals surface area contributed by atoms with Crippen molar-refractivity contribution in [3.05, 3.63) is 56.8 Å². The Morgan fingerprint density at radius 2 is 2.28 bits per heavy atom. The van der Waals surface area contributed by atoms with Crippen LogP contribution in [0.5, 0.6) is 5.75 Å². The molecule has 2 aromatic rings. The molecule has 9 heteroatoms. The highest BCUT2D eigenvalue weighted by Crippen LogP contribution is 2.22. The molecule has 0 radical (unpaired) electrons. The Balaban J connectivity index is 2.30. The lowest BCUT2D eigenvalue weighted by Gasteiger charge is -2.09. The van der Waals surface area contributed by atoms with Gasteiger partial charge in [0.25, 0.3) is 5.69 Å². The van der Waals surface area contributed by atoms with Crippen molar-refractivity contribution in [3.63, 3.8) is 0 Å². The number of nitrogens with one attached hydrogen (secondary N) is 1. The fraction of sp³-hybridized carbons (Fsp3) is 0.188. The van der Waals surface area contributed by atoms with E-state index in [4.69, 9.17) is 4.74 Å². The third-order valence-electron chi connectivity index (χ3n) is 3.24. The number of methoxy groups -OCH3 is 1. The van der Waals surface area contributed by atoms with Crippen LogP contribution in [0.2, 0.25) is 0 Å². The van der Waals surface area contributed by atoms with E-state index in [-0.39, 0.29) is 35.0 Å². The Bertz CT molecular complexity index is 874. The summed E-state index contributed by atoms with van der Waals surface area (Å²) in [7, 11) is 1.52. The van der Waals surface area contributed by atoms with Gasteiger partial charge in [0.1, 0.15) is 17.4 Å². The summed E-state index contributed by atoms with van der Waals surface area (Å²) in [5.41, 5.74) is 4.23. The molecule has 9 nitrogen and oxygen atoms in total. The first kappa shape index (κ1) is 17.8. The molecule has 0 atom stereocenters. The molecule has 128 valence electrons. The van der Waals surface area contributed by atoms with E-state index in [1.54, 1.807) is 13.0 Å². The number of hydrazone groups is 1. The number of hydrogen-bond donors (Lipinski definition) is 2. The molecule has 0 unspecified atom stereocenters. The predicted octanol–water partition coefficient (Wildman–Crippen LogP) is 2.47. The summed E-state index contributed by atoms with van der Waals surface area (Å²) in [5, 5.41) is 33.8. The maximum absolute atomic E-state index is 10.8. The maximum atomic E-state index is 10.8. The molecule has 1 heterocycles. The summed E-state index contributed by atoms with van der Waals surface area (Å²) in [6.07, 6.45) is 1.21. The minimum absolute atomic E-state index is 0.157. The molecule has 0 aliphatic rings. The van der Waals surface area contributed by atoms with E-state index in [9.17, 15) is 20.5 Å². The van der Waals surface area contributed by atoms with Gasteiger partial charge in [-0.3, -0.25) is 15.5 Å². The second-order valence-electron chi connectivity index (χ2n) is 5.06. The van der Waals surface area contributed by atoms with Crippen molar-refractivity contribution in [1.82, 2.24) is 4.98 Å². The fourth-order valence-corrected chi connectivity index (χ4v) is 2.14. The zero-order valence-corrected chi connectivity index (χ0v) is 13.6. The Morgan fingerprint density at radius 1 is 1.52 bits per heavy atom. The summed E-state index contributed by atoms with van der Waals surface area (Å²) in [5.74, 6) is 0.0738. The first-order valence-electron chi connectivity index (χ1n) is 7.12. The number of nitro benzene ring substituents is 1. The lowest BCUT2D eigenvalue weighted by atomic mass is 10.1. The second-order valence-corrected chi connectivity index (χ2v) is 5.06. The zero-order chi connectivity index (χ0) is 18.4.